The lowest BCUT2D eigenvalue weighted by Crippen LogP contribution is -2.29. The van der Waals surface area contributed by atoms with Gasteiger partial charge in [0, 0.05) is 18.4 Å². The zero-order valence-corrected chi connectivity index (χ0v) is 12.2. The Kier molecular flexibility index (Phi) is 5.75. The van der Waals surface area contributed by atoms with Gasteiger partial charge in [-0.1, -0.05) is 0 Å². The van der Waals surface area contributed by atoms with Gasteiger partial charge in [-0.25, -0.2) is 5.84 Å². The van der Waals surface area contributed by atoms with Crippen molar-refractivity contribution in [1.82, 2.24) is 5.43 Å². The topological polar surface area (TPSA) is 81.4 Å². The average molecular weight is 290 g/mol. The van der Waals surface area contributed by atoms with Gasteiger partial charge in [-0.3, -0.25) is 15.0 Å². The molecule has 5 nitrogen and oxygen atoms in total. The molecule has 0 aromatic heterocycles. The van der Waals surface area contributed by atoms with E-state index >= 15 is 0 Å². The molecule has 1 aromatic rings. The number of rotatable bonds is 7. The quantitative estimate of drug-likeness (QED) is 0.349. The molecule has 0 atom stereocenters. The van der Waals surface area contributed by atoms with Crippen LogP contribution in [0.4, 0.5) is 0 Å². The van der Waals surface area contributed by atoms with Crippen molar-refractivity contribution in [3.05, 3.63) is 29.3 Å². The molecule has 21 heavy (non-hydrogen) atoms. The van der Waals surface area contributed by atoms with Crippen molar-refractivity contribution >= 4 is 11.7 Å². The molecule has 1 aromatic carbocycles. The van der Waals surface area contributed by atoms with Crippen LogP contribution >= 0.6 is 0 Å². The van der Waals surface area contributed by atoms with Crippen LogP contribution < -0.4 is 16.0 Å². The number of aryl methyl sites for hydroxylation is 1. The van der Waals surface area contributed by atoms with E-state index in [1.54, 1.807) is 0 Å². The fraction of sp³-hybridized carbons (Fsp3) is 0.500. The number of nitrogens with two attached hydrogens (primary N) is 1. The zero-order valence-electron chi connectivity index (χ0n) is 12.2. The molecule has 0 heterocycles. The predicted molar refractivity (Wildman–Crippen MR) is 80.0 cm³/mol. The molecule has 5 heteroatoms. The summed E-state index contributed by atoms with van der Waals surface area (Å²) in [6.07, 6.45) is 5.63. The number of nitrogens with one attached hydrogen (secondary N) is 1. The first-order valence-corrected chi connectivity index (χ1v) is 7.49. The summed E-state index contributed by atoms with van der Waals surface area (Å²) in [6, 6.07) is 5.72. The fourth-order valence-corrected chi connectivity index (χ4v) is 2.54. The zero-order chi connectivity index (χ0) is 15.1. The number of hydrogen-bond donors (Lipinski definition) is 2. The van der Waals surface area contributed by atoms with Gasteiger partial charge < -0.3 is 4.74 Å². The van der Waals surface area contributed by atoms with Gasteiger partial charge >= 0.3 is 0 Å². The lowest BCUT2D eigenvalue weighted by molar-refractivity contribution is -0.121. The molecule has 3 N–H and O–H groups in total. The van der Waals surface area contributed by atoms with E-state index in [1.807, 2.05) is 18.2 Å². The van der Waals surface area contributed by atoms with E-state index in [0.717, 1.165) is 49.0 Å². The lowest BCUT2D eigenvalue weighted by atomic mass is 9.90. The summed E-state index contributed by atoms with van der Waals surface area (Å²) in [7, 11) is 0. The molecule has 0 fully saturated rings. The monoisotopic (exact) mass is 290 g/mol. The molecule has 2 rings (SSSR count). The van der Waals surface area contributed by atoms with Crippen LogP contribution in [0.5, 0.6) is 5.75 Å². The number of ketones is 1. The molecule has 1 amide bonds. The van der Waals surface area contributed by atoms with Gasteiger partial charge in [0.25, 0.3) is 0 Å². The highest BCUT2D eigenvalue weighted by Crippen LogP contribution is 2.25. The van der Waals surface area contributed by atoms with Crippen molar-refractivity contribution in [2.75, 3.05) is 6.61 Å². The van der Waals surface area contributed by atoms with Crippen LogP contribution in [0.2, 0.25) is 0 Å². The number of Topliss-reactive ketones (excluding diaryl/α,β-unsaturated/α-hetero) is 1. The fourth-order valence-electron chi connectivity index (χ4n) is 2.54. The highest BCUT2D eigenvalue weighted by atomic mass is 16.5. The summed E-state index contributed by atoms with van der Waals surface area (Å²) >= 11 is 0. The van der Waals surface area contributed by atoms with Gasteiger partial charge in [-0.05, 0) is 55.9 Å². The highest BCUT2D eigenvalue weighted by Gasteiger charge is 2.17. The first-order valence-electron chi connectivity index (χ1n) is 7.49. The number of hydrogen-bond acceptors (Lipinski definition) is 4. The summed E-state index contributed by atoms with van der Waals surface area (Å²) in [5.74, 6) is 5.94. The molecule has 0 saturated carbocycles. The summed E-state index contributed by atoms with van der Waals surface area (Å²) in [6.45, 7) is 0.622. The number of amides is 1. The molecule has 0 saturated heterocycles. The van der Waals surface area contributed by atoms with E-state index in [-0.39, 0.29) is 11.7 Å². The molecule has 0 radical (unpaired) electrons. The minimum Gasteiger partial charge on any atom is -0.494 e. The Bertz CT molecular complexity index is 514. The van der Waals surface area contributed by atoms with E-state index in [9.17, 15) is 9.59 Å². The van der Waals surface area contributed by atoms with Crippen molar-refractivity contribution in [2.24, 2.45) is 5.84 Å². The first-order chi connectivity index (χ1) is 10.2. The predicted octanol–water partition coefficient (Wildman–Crippen LogP) is 2.13. The molecular weight excluding hydrogens is 268 g/mol. The van der Waals surface area contributed by atoms with Crippen molar-refractivity contribution in [3.8, 4) is 5.75 Å². The van der Waals surface area contributed by atoms with Crippen LogP contribution in [-0.2, 0) is 11.2 Å². The molecule has 114 valence electrons. The van der Waals surface area contributed by atoms with Crippen LogP contribution in [0, 0.1) is 0 Å². The van der Waals surface area contributed by atoms with E-state index in [1.165, 1.54) is 0 Å². The van der Waals surface area contributed by atoms with Crippen LogP contribution in [0.25, 0.3) is 0 Å². The lowest BCUT2D eigenvalue weighted by Gasteiger charge is -2.16. The standard InChI is InChI=1S/C16H22N2O3/c17-18-16(20)7-2-1-3-10-21-13-8-9-14-12(11-13)5-4-6-15(14)19/h8-9,11H,1-7,10,17H2,(H,18,20). The number of ether oxygens (including phenoxy) is 1. The van der Waals surface area contributed by atoms with Crippen LogP contribution in [0.1, 0.15) is 54.4 Å². The minimum atomic E-state index is -0.129. The van der Waals surface area contributed by atoms with Gasteiger partial charge in [0.15, 0.2) is 5.78 Å². The molecule has 0 aliphatic heterocycles. The number of fused-ring (bicyclic) bond motifs is 1. The van der Waals surface area contributed by atoms with Crippen molar-refractivity contribution < 1.29 is 14.3 Å². The van der Waals surface area contributed by atoms with Crippen molar-refractivity contribution in [2.45, 2.75) is 44.9 Å². The van der Waals surface area contributed by atoms with Crippen molar-refractivity contribution in [3.63, 3.8) is 0 Å². The highest BCUT2D eigenvalue weighted by molar-refractivity contribution is 5.98. The molecule has 1 aliphatic carbocycles. The summed E-state index contributed by atoms with van der Waals surface area (Å²) in [4.78, 5) is 22.7. The number of benzene rings is 1. The Hall–Kier alpha value is -1.88. The smallest absolute Gasteiger partial charge is 0.233 e. The van der Waals surface area contributed by atoms with Gasteiger partial charge in [-0.15, -0.1) is 0 Å². The molecule has 0 bridgehead atoms. The summed E-state index contributed by atoms with van der Waals surface area (Å²) in [5, 5.41) is 0. The Balaban J connectivity index is 1.72. The number of hydrazine groups is 1. The SMILES string of the molecule is NNC(=O)CCCCCOc1ccc2c(c1)CCCC2=O. The number of carbonyl (C=O) groups excluding carboxylic acids is 2. The van der Waals surface area contributed by atoms with Gasteiger partial charge in [0.05, 0.1) is 6.61 Å². The third-order valence-electron chi connectivity index (χ3n) is 3.70. The second-order valence-electron chi connectivity index (χ2n) is 5.32. The summed E-state index contributed by atoms with van der Waals surface area (Å²) in [5.41, 5.74) is 4.07. The molecule has 0 spiro atoms. The van der Waals surface area contributed by atoms with E-state index in [0.29, 0.717) is 19.4 Å². The molecule has 0 unspecified atom stereocenters. The van der Waals surface area contributed by atoms with Crippen molar-refractivity contribution in [1.29, 1.82) is 0 Å². The molecular formula is C16H22N2O3. The summed E-state index contributed by atoms with van der Waals surface area (Å²) < 4.78 is 5.70. The molecule has 1 aliphatic rings. The second-order valence-corrected chi connectivity index (χ2v) is 5.32. The third-order valence-corrected chi connectivity index (χ3v) is 3.70. The Morgan fingerprint density at radius 2 is 2.10 bits per heavy atom. The van der Waals surface area contributed by atoms with E-state index in [2.05, 4.69) is 5.43 Å². The Morgan fingerprint density at radius 3 is 2.90 bits per heavy atom. The Labute approximate surface area is 124 Å². The van der Waals surface area contributed by atoms with Crippen LogP contribution in [0.3, 0.4) is 0 Å². The minimum absolute atomic E-state index is 0.129. The van der Waals surface area contributed by atoms with Gasteiger partial charge in [0.1, 0.15) is 5.75 Å². The normalized spacial score (nSPS) is 13.7. The Morgan fingerprint density at radius 1 is 1.24 bits per heavy atom. The van der Waals surface area contributed by atoms with Gasteiger partial charge in [-0.2, -0.15) is 0 Å². The van der Waals surface area contributed by atoms with Crippen LogP contribution in [0.15, 0.2) is 18.2 Å². The maximum atomic E-state index is 11.7. The maximum absolute atomic E-state index is 11.7. The van der Waals surface area contributed by atoms with Gasteiger partial charge in [0.2, 0.25) is 5.91 Å². The maximum Gasteiger partial charge on any atom is 0.233 e. The van der Waals surface area contributed by atoms with E-state index < -0.39 is 0 Å². The average Bonchev–Trinajstić information content (AvgIpc) is 2.50. The van der Waals surface area contributed by atoms with Crippen LogP contribution in [-0.4, -0.2) is 18.3 Å². The number of carbonyl (C=O) groups is 2. The number of unbranched alkanes of at least 4 members (excludes halogenated alkanes) is 2. The second kappa shape index (κ2) is 7.78. The third kappa shape index (κ3) is 4.56. The largest absolute Gasteiger partial charge is 0.494 e. The first kappa shape index (κ1) is 15.5. The van der Waals surface area contributed by atoms with E-state index in [4.69, 9.17) is 10.6 Å².